The fourth-order valence-electron chi connectivity index (χ4n) is 2.73. The van der Waals surface area contributed by atoms with E-state index in [1.807, 2.05) is 30.3 Å². The summed E-state index contributed by atoms with van der Waals surface area (Å²) in [5.74, 6) is 1.50. The summed E-state index contributed by atoms with van der Waals surface area (Å²) in [4.78, 5) is 12.4. The average Bonchev–Trinajstić information content (AvgIpc) is 2.75. The van der Waals surface area contributed by atoms with Gasteiger partial charge in [0.1, 0.15) is 17.2 Å². The van der Waals surface area contributed by atoms with Crippen LogP contribution in [-0.2, 0) is 14.8 Å². The van der Waals surface area contributed by atoms with Crippen LogP contribution in [0.3, 0.4) is 0 Å². The van der Waals surface area contributed by atoms with Gasteiger partial charge < -0.3 is 14.8 Å². The maximum atomic E-state index is 12.2. The molecule has 3 aromatic carbocycles. The predicted molar refractivity (Wildman–Crippen MR) is 119 cm³/mol. The summed E-state index contributed by atoms with van der Waals surface area (Å²) < 4.78 is 36.8. The second-order valence-corrected chi connectivity index (χ2v) is 9.14. The number of carbonyl (C=O) groups excluding carboxylic acids is 1. The fourth-order valence-corrected chi connectivity index (χ4v) is 3.71. The predicted octanol–water partition coefficient (Wildman–Crippen LogP) is 4.06. The first kappa shape index (κ1) is 22.3. The Hall–Kier alpha value is -3.36. The van der Waals surface area contributed by atoms with Gasteiger partial charge in [0.2, 0.25) is 10.0 Å². The van der Waals surface area contributed by atoms with Crippen molar-refractivity contribution in [3.63, 3.8) is 0 Å². The van der Waals surface area contributed by atoms with E-state index in [0.29, 0.717) is 22.7 Å². The lowest BCUT2D eigenvalue weighted by Crippen LogP contribution is -2.22. The van der Waals surface area contributed by atoms with Crippen molar-refractivity contribution in [2.75, 3.05) is 26.0 Å². The number of benzene rings is 3. The number of nitrogens with zero attached hydrogens (tertiary/aromatic N) is 1. The third-order valence-electron chi connectivity index (χ3n) is 4.40. The van der Waals surface area contributed by atoms with Crippen molar-refractivity contribution in [3.05, 3.63) is 78.4 Å². The molecular weight excluding hydrogens is 416 g/mol. The molecule has 0 saturated carbocycles. The summed E-state index contributed by atoms with van der Waals surface area (Å²) in [7, 11) is -0.580. The second kappa shape index (κ2) is 9.63. The number of amides is 1. The zero-order chi connectivity index (χ0) is 22.4. The van der Waals surface area contributed by atoms with Crippen molar-refractivity contribution >= 4 is 21.6 Å². The van der Waals surface area contributed by atoms with Crippen LogP contribution in [0.1, 0.15) is 5.56 Å². The lowest BCUT2D eigenvalue weighted by Gasteiger charge is -2.14. The number of anilines is 1. The highest BCUT2D eigenvalue weighted by Gasteiger charge is 2.18. The molecule has 0 bridgehead atoms. The van der Waals surface area contributed by atoms with E-state index in [1.54, 1.807) is 37.3 Å². The molecule has 1 N–H and O–H groups in total. The van der Waals surface area contributed by atoms with Gasteiger partial charge in [0.25, 0.3) is 5.91 Å². The molecule has 0 unspecified atom stereocenters. The largest absolute Gasteiger partial charge is 0.483 e. The van der Waals surface area contributed by atoms with Gasteiger partial charge in [-0.25, -0.2) is 12.7 Å². The highest BCUT2D eigenvalue weighted by Crippen LogP contribution is 2.24. The van der Waals surface area contributed by atoms with Crippen LogP contribution in [0.25, 0.3) is 0 Å². The van der Waals surface area contributed by atoms with Gasteiger partial charge in [0, 0.05) is 19.8 Å². The number of nitrogens with one attached hydrogen (secondary N) is 1. The van der Waals surface area contributed by atoms with Gasteiger partial charge in [-0.3, -0.25) is 4.79 Å². The minimum atomic E-state index is -3.52. The zero-order valence-corrected chi connectivity index (χ0v) is 18.3. The highest BCUT2D eigenvalue weighted by atomic mass is 32.2. The average molecular weight is 441 g/mol. The number of hydrogen-bond donors (Lipinski definition) is 1. The van der Waals surface area contributed by atoms with Crippen molar-refractivity contribution in [2.24, 2.45) is 0 Å². The molecule has 0 spiro atoms. The maximum absolute atomic E-state index is 12.2. The van der Waals surface area contributed by atoms with Crippen molar-refractivity contribution < 1.29 is 22.7 Å². The molecule has 0 atom stereocenters. The van der Waals surface area contributed by atoms with Crippen LogP contribution >= 0.6 is 0 Å². The number of carbonyl (C=O) groups is 1. The van der Waals surface area contributed by atoms with E-state index in [9.17, 15) is 13.2 Å². The molecule has 0 aromatic heterocycles. The molecular formula is C23H24N2O5S. The Morgan fingerprint density at radius 3 is 2.19 bits per heavy atom. The van der Waals surface area contributed by atoms with Gasteiger partial charge in [0.05, 0.1) is 4.90 Å². The van der Waals surface area contributed by atoms with Crippen molar-refractivity contribution in [1.29, 1.82) is 0 Å². The second-order valence-electron chi connectivity index (χ2n) is 6.99. The first-order valence-electron chi connectivity index (χ1n) is 9.54. The van der Waals surface area contributed by atoms with Gasteiger partial charge in [-0.1, -0.05) is 18.2 Å². The Kier molecular flexibility index (Phi) is 6.94. The third kappa shape index (κ3) is 5.84. The van der Waals surface area contributed by atoms with Crippen LogP contribution in [0, 0.1) is 6.92 Å². The van der Waals surface area contributed by atoms with E-state index in [-0.39, 0.29) is 17.4 Å². The Bertz CT molecular complexity index is 1140. The van der Waals surface area contributed by atoms with Gasteiger partial charge in [-0.05, 0) is 67.1 Å². The Labute approximate surface area is 182 Å². The lowest BCUT2D eigenvalue weighted by atomic mass is 10.2. The van der Waals surface area contributed by atoms with Crippen LogP contribution in [0.4, 0.5) is 5.69 Å². The number of para-hydroxylation sites is 1. The number of ether oxygens (including phenoxy) is 2. The van der Waals surface area contributed by atoms with Gasteiger partial charge in [-0.15, -0.1) is 0 Å². The quantitative estimate of drug-likeness (QED) is 0.571. The minimum absolute atomic E-state index is 0.171. The summed E-state index contributed by atoms with van der Waals surface area (Å²) in [5, 5.41) is 2.75. The summed E-state index contributed by atoms with van der Waals surface area (Å²) in [6.07, 6.45) is 0. The Morgan fingerprint density at radius 2 is 1.58 bits per heavy atom. The summed E-state index contributed by atoms with van der Waals surface area (Å²) in [5.41, 5.74) is 1.23. The standard InChI is InChI=1S/C23H24N2O5S/c1-17-15-21(31(27,28)25(2)3)13-14-22(17)29-16-23(26)24-18-9-11-20(12-10-18)30-19-7-5-4-6-8-19/h4-15H,16H2,1-3H3,(H,24,26). The normalized spacial score (nSPS) is 11.2. The van der Waals surface area contributed by atoms with Gasteiger partial charge in [-0.2, -0.15) is 0 Å². The van der Waals surface area contributed by atoms with Crippen LogP contribution in [0.5, 0.6) is 17.2 Å². The van der Waals surface area contributed by atoms with E-state index < -0.39 is 10.0 Å². The first-order valence-corrected chi connectivity index (χ1v) is 11.0. The van der Waals surface area contributed by atoms with E-state index in [0.717, 1.165) is 10.1 Å². The monoisotopic (exact) mass is 440 g/mol. The highest BCUT2D eigenvalue weighted by molar-refractivity contribution is 7.89. The Balaban J connectivity index is 1.55. The van der Waals surface area contributed by atoms with Gasteiger partial charge in [0.15, 0.2) is 6.61 Å². The van der Waals surface area contributed by atoms with Crippen LogP contribution in [-0.4, -0.2) is 39.3 Å². The summed E-state index contributed by atoms with van der Waals surface area (Å²) in [6.45, 7) is 1.52. The molecule has 0 radical (unpaired) electrons. The van der Waals surface area contributed by atoms with Crippen molar-refractivity contribution in [2.45, 2.75) is 11.8 Å². The molecule has 8 heteroatoms. The topological polar surface area (TPSA) is 84.9 Å². The number of hydrogen-bond acceptors (Lipinski definition) is 5. The van der Waals surface area contributed by atoms with E-state index in [2.05, 4.69) is 5.32 Å². The van der Waals surface area contributed by atoms with Crippen LogP contribution in [0.15, 0.2) is 77.7 Å². The smallest absolute Gasteiger partial charge is 0.262 e. The fraction of sp³-hybridized carbons (Fsp3) is 0.174. The SMILES string of the molecule is Cc1cc(S(=O)(=O)N(C)C)ccc1OCC(=O)Nc1ccc(Oc2ccccc2)cc1. The molecule has 162 valence electrons. The molecule has 0 heterocycles. The molecule has 0 aliphatic heterocycles. The molecule has 3 aromatic rings. The molecule has 0 aliphatic rings. The number of sulfonamides is 1. The van der Waals surface area contributed by atoms with Crippen molar-refractivity contribution in [1.82, 2.24) is 4.31 Å². The molecule has 7 nitrogen and oxygen atoms in total. The lowest BCUT2D eigenvalue weighted by molar-refractivity contribution is -0.118. The van der Waals surface area contributed by atoms with Gasteiger partial charge >= 0.3 is 0 Å². The third-order valence-corrected chi connectivity index (χ3v) is 6.21. The first-order chi connectivity index (χ1) is 14.8. The summed E-state index contributed by atoms with van der Waals surface area (Å²) in [6, 6.07) is 20.9. The summed E-state index contributed by atoms with van der Waals surface area (Å²) >= 11 is 0. The minimum Gasteiger partial charge on any atom is -0.483 e. The molecule has 31 heavy (non-hydrogen) atoms. The molecule has 1 amide bonds. The maximum Gasteiger partial charge on any atom is 0.262 e. The van der Waals surface area contributed by atoms with E-state index >= 15 is 0 Å². The molecule has 3 rings (SSSR count). The van der Waals surface area contributed by atoms with Crippen LogP contribution in [0.2, 0.25) is 0 Å². The number of rotatable bonds is 8. The number of aryl methyl sites for hydroxylation is 1. The van der Waals surface area contributed by atoms with E-state index in [1.165, 1.54) is 26.2 Å². The zero-order valence-electron chi connectivity index (χ0n) is 17.5. The molecule has 0 fully saturated rings. The molecule has 0 aliphatic carbocycles. The Morgan fingerprint density at radius 1 is 0.935 bits per heavy atom. The van der Waals surface area contributed by atoms with Crippen molar-refractivity contribution in [3.8, 4) is 17.2 Å². The van der Waals surface area contributed by atoms with E-state index in [4.69, 9.17) is 9.47 Å². The van der Waals surface area contributed by atoms with Crippen LogP contribution < -0.4 is 14.8 Å². The molecule has 0 saturated heterocycles.